The van der Waals surface area contributed by atoms with Gasteiger partial charge in [-0.2, -0.15) is 5.48 Å². The Kier molecular flexibility index (Phi) is 5.22. The molecule has 3 aliphatic rings. The number of fused-ring (bicyclic) bond motifs is 1. The van der Waals surface area contributed by atoms with E-state index in [-0.39, 0.29) is 29.2 Å². The van der Waals surface area contributed by atoms with Gasteiger partial charge in [0.1, 0.15) is 6.04 Å². The number of hydrogen-bond acceptors (Lipinski definition) is 5. The van der Waals surface area contributed by atoms with E-state index in [1.807, 2.05) is 30.3 Å². The van der Waals surface area contributed by atoms with Crippen LogP contribution in [-0.2, 0) is 26.3 Å². The molecule has 1 heterocycles. The molecule has 0 aromatic heterocycles. The van der Waals surface area contributed by atoms with Crippen LogP contribution in [0.5, 0.6) is 0 Å². The van der Waals surface area contributed by atoms with Gasteiger partial charge >= 0.3 is 0 Å². The largest absolute Gasteiger partial charge is 0.296 e. The minimum atomic E-state index is -3.70. The van der Waals surface area contributed by atoms with Gasteiger partial charge in [-0.1, -0.05) is 50.8 Å². The predicted octanol–water partition coefficient (Wildman–Crippen LogP) is 3.17. The predicted molar refractivity (Wildman–Crippen MR) is 114 cm³/mol. The SMILES string of the molecule is C=C=C(C)[C@H](NOCc1ccccc1)C(=O)N1C2CC3CC[C@]2(CS1(=O)=O)C3(C)C. The third-order valence-electron chi connectivity index (χ3n) is 7.87. The Morgan fingerprint density at radius 1 is 1.37 bits per heavy atom. The zero-order valence-electron chi connectivity index (χ0n) is 17.8. The van der Waals surface area contributed by atoms with Gasteiger partial charge < -0.3 is 0 Å². The lowest BCUT2D eigenvalue weighted by Gasteiger charge is -2.37. The number of carbonyl (C=O) groups is 1. The van der Waals surface area contributed by atoms with Gasteiger partial charge in [-0.15, -0.1) is 5.73 Å². The van der Waals surface area contributed by atoms with Gasteiger partial charge in [-0.25, -0.2) is 12.7 Å². The Hall–Kier alpha value is -1.92. The summed E-state index contributed by atoms with van der Waals surface area (Å²) in [6.45, 7) is 9.94. The van der Waals surface area contributed by atoms with Crippen molar-refractivity contribution in [1.82, 2.24) is 9.79 Å². The molecule has 1 aromatic rings. The van der Waals surface area contributed by atoms with Crippen molar-refractivity contribution < 1.29 is 18.0 Å². The van der Waals surface area contributed by atoms with Crippen LogP contribution in [0.1, 0.15) is 45.6 Å². The average molecular weight is 431 g/mol. The molecule has 2 bridgehead atoms. The monoisotopic (exact) mass is 430 g/mol. The molecule has 2 saturated carbocycles. The van der Waals surface area contributed by atoms with E-state index in [1.165, 1.54) is 0 Å². The summed E-state index contributed by atoms with van der Waals surface area (Å²) in [4.78, 5) is 19.1. The van der Waals surface area contributed by atoms with Crippen LogP contribution in [0.3, 0.4) is 0 Å². The molecule has 0 radical (unpaired) electrons. The van der Waals surface area contributed by atoms with Crippen molar-refractivity contribution >= 4 is 15.9 Å². The summed E-state index contributed by atoms with van der Waals surface area (Å²) in [5.74, 6) is 0.000895. The highest BCUT2D eigenvalue weighted by Crippen LogP contribution is 2.70. The number of hydrogen-bond donors (Lipinski definition) is 1. The highest BCUT2D eigenvalue weighted by atomic mass is 32.2. The molecule has 7 heteroatoms. The van der Waals surface area contributed by atoms with E-state index in [4.69, 9.17) is 4.84 Å². The highest BCUT2D eigenvalue weighted by Gasteiger charge is 2.72. The van der Waals surface area contributed by atoms with Gasteiger partial charge in [0.2, 0.25) is 10.0 Å². The van der Waals surface area contributed by atoms with Crippen molar-refractivity contribution in [3.63, 3.8) is 0 Å². The minimum absolute atomic E-state index is 0.0500. The second-order valence-corrected chi connectivity index (χ2v) is 11.3. The number of nitrogens with zero attached hydrogens (tertiary/aromatic N) is 1. The molecule has 162 valence electrons. The molecule has 1 spiro atoms. The van der Waals surface area contributed by atoms with Gasteiger partial charge in [0.15, 0.2) is 0 Å². The molecule has 4 atom stereocenters. The van der Waals surface area contributed by atoms with Crippen LogP contribution in [0.15, 0.2) is 48.2 Å². The fourth-order valence-electron chi connectivity index (χ4n) is 5.91. The molecule has 2 unspecified atom stereocenters. The number of rotatable bonds is 6. The van der Waals surface area contributed by atoms with Crippen LogP contribution in [0.4, 0.5) is 0 Å². The molecule has 1 aliphatic heterocycles. The fourth-order valence-corrected chi connectivity index (χ4v) is 8.47. The van der Waals surface area contributed by atoms with Gasteiger partial charge in [0.05, 0.1) is 18.4 Å². The summed E-state index contributed by atoms with van der Waals surface area (Å²) in [5.41, 5.74) is 6.52. The molecule has 1 amide bonds. The first-order valence-corrected chi connectivity index (χ1v) is 12.1. The van der Waals surface area contributed by atoms with E-state index < -0.39 is 22.0 Å². The first kappa shape index (κ1) is 21.3. The molecule has 4 rings (SSSR count). The van der Waals surface area contributed by atoms with E-state index in [0.29, 0.717) is 11.5 Å². The van der Waals surface area contributed by atoms with Crippen molar-refractivity contribution in [1.29, 1.82) is 0 Å². The summed E-state index contributed by atoms with van der Waals surface area (Å²) < 4.78 is 27.5. The maximum Gasteiger partial charge on any atom is 0.260 e. The molecule has 1 aromatic carbocycles. The van der Waals surface area contributed by atoms with Crippen LogP contribution in [0.2, 0.25) is 0 Å². The molecular formula is C23H30N2O4S. The number of hydroxylamine groups is 1. The maximum absolute atomic E-state index is 13.5. The molecule has 1 N–H and O–H groups in total. The maximum atomic E-state index is 13.5. The molecule has 2 aliphatic carbocycles. The van der Waals surface area contributed by atoms with Crippen LogP contribution in [-0.4, -0.2) is 36.5 Å². The van der Waals surface area contributed by atoms with E-state index in [1.54, 1.807) is 6.92 Å². The van der Waals surface area contributed by atoms with Crippen LogP contribution in [0.25, 0.3) is 0 Å². The van der Waals surface area contributed by atoms with E-state index in [9.17, 15) is 13.2 Å². The van der Waals surface area contributed by atoms with Gasteiger partial charge in [0, 0.05) is 5.41 Å². The van der Waals surface area contributed by atoms with Crippen molar-refractivity contribution in [2.45, 2.75) is 58.7 Å². The number of nitrogens with one attached hydrogen (secondary N) is 1. The summed E-state index contributed by atoms with van der Waals surface area (Å²) in [6.07, 6.45) is 2.64. The zero-order valence-corrected chi connectivity index (χ0v) is 18.7. The molecule has 3 fully saturated rings. The molecule has 6 nitrogen and oxygen atoms in total. The molecule has 1 saturated heterocycles. The van der Waals surface area contributed by atoms with Crippen LogP contribution in [0, 0.1) is 16.7 Å². The third-order valence-corrected chi connectivity index (χ3v) is 9.78. The minimum Gasteiger partial charge on any atom is -0.296 e. The van der Waals surface area contributed by atoms with Crippen molar-refractivity contribution in [2.24, 2.45) is 16.7 Å². The number of carbonyl (C=O) groups excluding carboxylic acids is 1. The lowest BCUT2D eigenvalue weighted by atomic mass is 9.69. The van der Waals surface area contributed by atoms with E-state index in [2.05, 4.69) is 31.6 Å². The summed E-state index contributed by atoms with van der Waals surface area (Å²) in [7, 11) is -3.70. The van der Waals surface area contributed by atoms with Crippen molar-refractivity contribution in [2.75, 3.05) is 5.75 Å². The summed E-state index contributed by atoms with van der Waals surface area (Å²) in [5, 5.41) is 0. The lowest BCUT2D eigenvalue weighted by molar-refractivity contribution is -0.134. The van der Waals surface area contributed by atoms with Gasteiger partial charge in [0.25, 0.3) is 5.91 Å². The van der Waals surface area contributed by atoms with Crippen LogP contribution < -0.4 is 5.48 Å². The Morgan fingerprint density at radius 2 is 2.07 bits per heavy atom. The Bertz CT molecular complexity index is 997. The fraction of sp³-hybridized carbons (Fsp3) is 0.565. The topological polar surface area (TPSA) is 75.7 Å². The third kappa shape index (κ3) is 3.07. The second kappa shape index (κ2) is 7.34. The zero-order chi connectivity index (χ0) is 21.7. The summed E-state index contributed by atoms with van der Waals surface area (Å²) in [6, 6.07) is 8.34. The van der Waals surface area contributed by atoms with Gasteiger partial charge in [-0.05, 0) is 48.7 Å². The first-order valence-electron chi connectivity index (χ1n) is 10.5. The van der Waals surface area contributed by atoms with E-state index >= 15 is 0 Å². The Labute approximate surface area is 179 Å². The second-order valence-electron chi connectivity index (χ2n) is 9.44. The smallest absolute Gasteiger partial charge is 0.260 e. The average Bonchev–Trinajstić information content (AvgIpc) is 3.19. The lowest BCUT2D eigenvalue weighted by Crippen LogP contribution is -2.52. The molecule has 30 heavy (non-hydrogen) atoms. The van der Waals surface area contributed by atoms with E-state index in [0.717, 1.165) is 29.1 Å². The number of sulfonamides is 1. The quantitative estimate of drug-likeness (QED) is 0.554. The first-order chi connectivity index (χ1) is 14.1. The normalized spacial score (nSPS) is 31.2. The molecular weight excluding hydrogens is 400 g/mol. The van der Waals surface area contributed by atoms with Gasteiger partial charge in [-0.3, -0.25) is 9.63 Å². The Balaban J connectivity index is 1.58. The summed E-state index contributed by atoms with van der Waals surface area (Å²) >= 11 is 0. The Morgan fingerprint density at radius 3 is 2.70 bits per heavy atom. The standard InChI is InChI=1S/C23H30N2O4S/c1-5-16(2)20(24-29-14-17-9-7-6-8-10-17)21(26)25-19-13-18-11-12-23(19,22(18,3)4)15-30(25,27)28/h6-10,18-20,24H,1,11-15H2,2-4H3/t18?,19?,20-,23+/m0/s1. The van der Waals surface area contributed by atoms with Crippen molar-refractivity contribution in [3.05, 3.63) is 53.8 Å². The number of amides is 1. The van der Waals surface area contributed by atoms with Crippen molar-refractivity contribution in [3.8, 4) is 0 Å². The number of benzene rings is 1. The van der Waals surface area contributed by atoms with Crippen LogP contribution >= 0.6 is 0 Å². The highest BCUT2D eigenvalue weighted by molar-refractivity contribution is 7.90.